The first kappa shape index (κ1) is 8.04. The van der Waals surface area contributed by atoms with E-state index in [0.717, 1.165) is 12.0 Å². The molecular weight excluding hydrogens is 166 g/mol. The summed E-state index contributed by atoms with van der Waals surface area (Å²) in [7, 11) is 1.73. The van der Waals surface area contributed by atoms with Crippen molar-refractivity contribution in [1.82, 2.24) is 4.98 Å². The van der Waals surface area contributed by atoms with Crippen LogP contribution < -0.4 is 10.6 Å². The summed E-state index contributed by atoms with van der Waals surface area (Å²) in [5.74, 6) is 1.27. The summed E-state index contributed by atoms with van der Waals surface area (Å²) in [5, 5.41) is 0. The summed E-state index contributed by atoms with van der Waals surface area (Å²) in [4.78, 5) is 17.0. The van der Waals surface area contributed by atoms with Crippen molar-refractivity contribution in [2.24, 2.45) is 0 Å². The van der Waals surface area contributed by atoms with Crippen molar-refractivity contribution in [2.45, 2.75) is 12.8 Å². The van der Waals surface area contributed by atoms with Gasteiger partial charge in [-0.1, -0.05) is 6.07 Å². The molecule has 0 bridgehead atoms. The molecule has 1 aliphatic rings. The molecule has 2 N–H and O–H groups in total. The summed E-state index contributed by atoms with van der Waals surface area (Å²) in [5.41, 5.74) is 6.63. The zero-order chi connectivity index (χ0) is 9.42. The standard InChI is InChI=1S/C9H11N3O/c1-12-8(13)5-3-6-2-4-7(10)11-9(6)12/h2,4H,3,5H2,1H3,(H2,10,11). The molecule has 13 heavy (non-hydrogen) atoms. The second kappa shape index (κ2) is 2.73. The Hall–Kier alpha value is -1.58. The average molecular weight is 177 g/mol. The van der Waals surface area contributed by atoms with Crippen LogP contribution in [-0.2, 0) is 11.2 Å². The van der Waals surface area contributed by atoms with Crippen LogP contribution in [-0.4, -0.2) is 17.9 Å². The Labute approximate surface area is 76.4 Å². The molecule has 0 unspecified atom stereocenters. The Kier molecular flexibility index (Phi) is 1.69. The van der Waals surface area contributed by atoms with Gasteiger partial charge in [0.15, 0.2) is 0 Å². The van der Waals surface area contributed by atoms with Gasteiger partial charge in [-0.25, -0.2) is 4.98 Å². The van der Waals surface area contributed by atoms with Crippen LogP contribution in [0, 0.1) is 0 Å². The molecule has 4 nitrogen and oxygen atoms in total. The largest absolute Gasteiger partial charge is 0.384 e. The summed E-state index contributed by atoms with van der Waals surface area (Å²) in [6.45, 7) is 0. The fourth-order valence-corrected chi connectivity index (χ4v) is 1.50. The number of hydrogen-bond donors (Lipinski definition) is 1. The number of amides is 1. The van der Waals surface area contributed by atoms with E-state index in [4.69, 9.17) is 5.73 Å². The number of carbonyl (C=O) groups is 1. The summed E-state index contributed by atoms with van der Waals surface area (Å²) in [6.07, 6.45) is 1.33. The van der Waals surface area contributed by atoms with Gasteiger partial charge in [0.05, 0.1) is 0 Å². The van der Waals surface area contributed by atoms with Crippen molar-refractivity contribution >= 4 is 17.5 Å². The summed E-state index contributed by atoms with van der Waals surface area (Å²) < 4.78 is 0. The SMILES string of the molecule is CN1C(=O)CCc2ccc(N)nc21. The number of rotatable bonds is 0. The molecule has 0 fully saturated rings. The van der Waals surface area contributed by atoms with Gasteiger partial charge in [0.2, 0.25) is 5.91 Å². The number of aryl methyl sites for hydroxylation is 1. The third-order valence-electron chi connectivity index (χ3n) is 2.28. The molecule has 0 atom stereocenters. The highest BCUT2D eigenvalue weighted by Gasteiger charge is 2.21. The molecule has 0 saturated heterocycles. The predicted octanol–water partition coefficient (Wildman–Crippen LogP) is 0.573. The monoisotopic (exact) mass is 177 g/mol. The van der Waals surface area contributed by atoms with Gasteiger partial charge in [-0.05, 0) is 18.1 Å². The van der Waals surface area contributed by atoms with Crippen molar-refractivity contribution in [1.29, 1.82) is 0 Å². The molecule has 1 aromatic heterocycles. The number of pyridine rings is 1. The second-order valence-electron chi connectivity index (χ2n) is 3.17. The summed E-state index contributed by atoms with van der Waals surface area (Å²) in [6, 6.07) is 3.70. The third kappa shape index (κ3) is 1.24. The minimum Gasteiger partial charge on any atom is -0.384 e. The van der Waals surface area contributed by atoms with Crippen molar-refractivity contribution in [3.63, 3.8) is 0 Å². The normalized spacial score (nSPS) is 15.8. The quantitative estimate of drug-likeness (QED) is 0.630. The highest BCUT2D eigenvalue weighted by Crippen LogP contribution is 2.24. The van der Waals surface area contributed by atoms with Gasteiger partial charge in [-0.3, -0.25) is 9.69 Å². The van der Waals surface area contributed by atoms with E-state index in [-0.39, 0.29) is 5.91 Å². The van der Waals surface area contributed by atoms with Crippen molar-refractivity contribution in [2.75, 3.05) is 17.7 Å². The number of aromatic nitrogens is 1. The molecule has 2 rings (SSSR count). The van der Waals surface area contributed by atoms with E-state index in [1.807, 2.05) is 6.07 Å². The van der Waals surface area contributed by atoms with Gasteiger partial charge < -0.3 is 5.73 Å². The Morgan fingerprint density at radius 3 is 3.00 bits per heavy atom. The van der Waals surface area contributed by atoms with E-state index >= 15 is 0 Å². The van der Waals surface area contributed by atoms with Crippen LogP contribution in [0.4, 0.5) is 11.6 Å². The number of hydrogen-bond acceptors (Lipinski definition) is 3. The first-order chi connectivity index (χ1) is 6.18. The maximum atomic E-state index is 11.3. The number of nitrogens with zero attached hydrogens (tertiary/aromatic N) is 2. The number of anilines is 2. The molecule has 0 radical (unpaired) electrons. The molecule has 2 heterocycles. The Morgan fingerprint density at radius 1 is 1.46 bits per heavy atom. The minimum atomic E-state index is 0.102. The molecule has 1 aliphatic heterocycles. The first-order valence-electron chi connectivity index (χ1n) is 4.20. The van der Waals surface area contributed by atoms with E-state index in [1.54, 1.807) is 18.0 Å². The van der Waals surface area contributed by atoms with Crippen LogP contribution in [0.3, 0.4) is 0 Å². The van der Waals surface area contributed by atoms with Crippen LogP contribution in [0.2, 0.25) is 0 Å². The zero-order valence-electron chi connectivity index (χ0n) is 7.45. The van der Waals surface area contributed by atoms with Crippen molar-refractivity contribution in [3.05, 3.63) is 17.7 Å². The van der Waals surface area contributed by atoms with Gasteiger partial charge in [0, 0.05) is 13.5 Å². The van der Waals surface area contributed by atoms with Crippen LogP contribution >= 0.6 is 0 Å². The molecule has 1 aromatic rings. The van der Waals surface area contributed by atoms with E-state index in [0.29, 0.717) is 18.1 Å². The maximum Gasteiger partial charge on any atom is 0.228 e. The molecule has 0 spiro atoms. The molecule has 1 amide bonds. The second-order valence-corrected chi connectivity index (χ2v) is 3.17. The van der Waals surface area contributed by atoms with Gasteiger partial charge >= 0.3 is 0 Å². The molecular formula is C9H11N3O. The van der Waals surface area contributed by atoms with Crippen molar-refractivity contribution in [3.8, 4) is 0 Å². The molecule has 0 saturated carbocycles. The molecule has 4 heteroatoms. The Bertz CT molecular complexity index is 362. The highest BCUT2D eigenvalue weighted by molar-refractivity contribution is 5.94. The first-order valence-corrected chi connectivity index (χ1v) is 4.20. The van der Waals surface area contributed by atoms with E-state index in [9.17, 15) is 4.79 Å². The number of fused-ring (bicyclic) bond motifs is 1. The zero-order valence-corrected chi connectivity index (χ0v) is 7.45. The van der Waals surface area contributed by atoms with Crippen LogP contribution in [0.5, 0.6) is 0 Å². The lowest BCUT2D eigenvalue weighted by atomic mass is 10.1. The number of nitrogens with two attached hydrogens (primary N) is 1. The molecule has 0 aromatic carbocycles. The highest BCUT2D eigenvalue weighted by atomic mass is 16.2. The lowest BCUT2D eigenvalue weighted by Crippen LogP contribution is -2.32. The van der Waals surface area contributed by atoms with Gasteiger partial charge in [0.25, 0.3) is 0 Å². The predicted molar refractivity (Wildman–Crippen MR) is 50.4 cm³/mol. The van der Waals surface area contributed by atoms with Gasteiger partial charge in [-0.2, -0.15) is 0 Å². The smallest absolute Gasteiger partial charge is 0.228 e. The lowest BCUT2D eigenvalue weighted by molar-refractivity contribution is -0.118. The number of carbonyl (C=O) groups excluding carboxylic acids is 1. The van der Waals surface area contributed by atoms with E-state index in [1.165, 1.54) is 0 Å². The van der Waals surface area contributed by atoms with E-state index < -0.39 is 0 Å². The lowest BCUT2D eigenvalue weighted by Gasteiger charge is -2.24. The minimum absolute atomic E-state index is 0.102. The van der Waals surface area contributed by atoms with Crippen LogP contribution in [0.25, 0.3) is 0 Å². The Morgan fingerprint density at radius 2 is 2.23 bits per heavy atom. The average Bonchev–Trinajstić information content (AvgIpc) is 2.12. The molecule has 0 aliphatic carbocycles. The van der Waals surface area contributed by atoms with Crippen LogP contribution in [0.1, 0.15) is 12.0 Å². The summed E-state index contributed by atoms with van der Waals surface area (Å²) >= 11 is 0. The fraction of sp³-hybridized carbons (Fsp3) is 0.333. The third-order valence-corrected chi connectivity index (χ3v) is 2.28. The van der Waals surface area contributed by atoms with Gasteiger partial charge in [0.1, 0.15) is 11.6 Å². The van der Waals surface area contributed by atoms with Gasteiger partial charge in [-0.15, -0.1) is 0 Å². The topological polar surface area (TPSA) is 59.2 Å². The van der Waals surface area contributed by atoms with Crippen molar-refractivity contribution < 1.29 is 4.79 Å². The van der Waals surface area contributed by atoms with E-state index in [2.05, 4.69) is 4.98 Å². The Balaban J connectivity index is 2.51. The fourth-order valence-electron chi connectivity index (χ4n) is 1.50. The number of nitrogen functional groups attached to an aromatic ring is 1. The maximum absolute atomic E-state index is 11.3. The van der Waals surface area contributed by atoms with Crippen LogP contribution in [0.15, 0.2) is 12.1 Å². The molecule has 68 valence electrons.